The third-order valence-corrected chi connectivity index (χ3v) is 6.65. The van der Waals surface area contributed by atoms with Gasteiger partial charge in [-0.25, -0.2) is 0 Å². The summed E-state index contributed by atoms with van der Waals surface area (Å²) in [7, 11) is 0. The van der Waals surface area contributed by atoms with Crippen molar-refractivity contribution in [3.8, 4) is 0 Å². The molecule has 0 bridgehead atoms. The van der Waals surface area contributed by atoms with Gasteiger partial charge in [0.05, 0.1) is 15.8 Å². The van der Waals surface area contributed by atoms with Gasteiger partial charge in [0.2, 0.25) is 5.91 Å². The van der Waals surface area contributed by atoms with Gasteiger partial charge in [0.25, 0.3) is 5.91 Å². The largest absolute Gasteiger partial charge is 0.325 e. The second-order valence-electron chi connectivity index (χ2n) is 8.65. The number of carbonyl (C=O) groups is 2. The molecule has 0 spiro atoms. The van der Waals surface area contributed by atoms with Crippen LogP contribution in [0.4, 0.5) is 11.4 Å². The fourth-order valence-corrected chi connectivity index (χ4v) is 4.18. The van der Waals surface area contributed by atoms with Gasteiger partial charge >= 0.3 is 0 Å². The van der Waals surface area contributed by atoms with Crippen molar-refractivity contribution in [3.05, 3.63) is 93.5 Å². The fourth-order valence-electron chi connectivity index (χ4n) is 3.09. The summed E-state index contributed by atoms with van der Waals surface area (Å²) < 4.78 is 0. The Labute approximate surface area is 209 Å². The molecule has 3 aromatic carbocycles. The molecule has 7 heteroatoms. The van der Waals surface area contributed by atoms with Crippen molar-refractivity contribution >= 4 is 58.2 Å². The van der Waals surface area contributed by atoms with Gasteiger partial charge in [0, 0.05) is 22.7 Å². The van der Waals surface area contributed by atoms with E-state index < -0.39 is 0 Å². The van der Waals surface area contributed by atoms with Crippen molar-refractivity contribution in [1.29, 1.82) is 0 Å². The Morgan fingerprint density at radius 1 is 0.848 bits per heavy atom. The number of anilines is 2. The highest BCUT2D eigenvalue weighted by molar-refractivity contribution is 7.99. The van der Waals surface area contributed by atoms with Gasteiger partial charge in [-0.2, -0.15) is 0 Å². The van der Waals surface area contributed by atoms with E-state index >= 15 is 0 Å². The number of benzene rings is 3. The van der Waals surface area contributed by atoms with Crippen molar-refractivity contribution in [2.45, 2.75) is 31.9 Å². The highest BCUT2D eigenvalue weighted by atomic mass is 35.5. The average molecular weight is 501 g/mol. The maximum Gasteiger partial charge on any atom is 0.255 e. The molecule has 0 saturated carbocycles. The molecule has 0 atom stereocenters. The van der Waals surface area contributed by atoms with Crippen LogP contribution in [-0.4, -0.2) is 17.6 Å². The molecular weight excluding hydrogens is 475 g/mol. The van der Waals surface area contributed by atoms with Crippen LogP contribution in [0, 0.1) is 0 Å². The second-order valence-corrected chi connectivity index (χ2v) is 10.5. The molecule has 0 heterocycles. The van der Waals surface area contributed by atoms with Crippen LogP contribution in [0.5, 0.6) is 0 Å². The van der Waals surface area contributed by atoms with E-state index in [0.717, 1.165) is 5.56 Å². The molecule has 0 radical (unpaired) electrons. The maximum absolute atomic E-state index is 12.6. The van der Waals surface area contributed by atoms with E-state index in [9.17, 15) is 9.59 Å². The van der Waals surface area contributed by atoms with E-state index in [1.165, 1.54) is 17.3 Å². The highest BCUT2D eigenvalue weighted by Gasteiger charge is 2.14. The molecule has 0 aliphatic carbocycles. The minimum Gasteiger partial charge on any atom is -0.325 e. The lowest BCUT2D eigenvalue weighted by Crippen LogP contribution is -2.16. The first kappa shape index (κ1) is 25.2. The normalized spacial score (nSPS) is 11.2. The van der Waals surface area contributed by atoms with Crippen LogP contribution in [0.3, 0.4) is 0 Å². The first-order valence-electron chi connectivity index (χ1n) is 10.5. The minimum absolute atomic E-state index is 0.0295. The molecule has 0 aliphatic heterocycles. The Kier molecular flexibility index (Phi) is 8.46. The van der Waals surface area contributed by atoms with Crippen LogP contribution in [0.2, 0.25) is 10.0 Å². The SMILES string of the molecule is CC(C)(C)c1ccc(C(=O)Nc2cccc(NC(=O)CSCc3ccc(Cl)c(Cl)c3)c2)cc1. The molecule has 0 aromatic heterocycles. The molecule has 33 heavy (non-hydrogen) atoms. The molecule has 3 aromatic rings. The molecule has 0 fully saturated rings. The standard InChI is InChI=1S/C26H26Cl2N2O2S/c1-26(2,3)19-10-8-18(9-11-19)25(32)30-21-6-4-5-20(14-21)29-24(31)16-33-15-17-7-12-22(27)23(28)13-17/h4-14H,15-16H2,1-3H3,(H,29,31)(H,30,32). The van der Waals surface area contributed by atoms with Crippen molar-refractivity contribution in [1.82, 2.24) is 0 Å². The smallest absolute Gasteiger partial charge is 0.255 e. The van der Waals surface area contributed by atoms with Crippen molar-refractivity contribution in [3.63, 3.8) is 0 Å². The third kappa shape index (κ3) is 7.53. The van der Waals surface area contributed by atoms with E-state index in [1.54, 1.807) is 36.4 Å². The lowest BCUT2D eigenvalue weighted by molar-refractivity contribution is -0.113. The fraction of sp³-hybridized carbons (Fsp3) is 0.231. The number of hydrogen-bond donors (Lipinski definition) is 2. The molecule has 3 rings (SSSR count). The molecule has 0 unspecified atom stereocenters. The summed E-state index contributed by atoms with van der Waals surface area (Å²) in [5, 5.41) is 6.77. The lowest BCUT2D eigenvalue weighted by Gasteiger charge is -2.19. The van der Waals surface area contributed by atoms with E-state index in [2.05, 4.69) is 31.4 Å². The summed E-state index contributed by atoms with van der Waals surface area (Å²) in [4.78, 5) is 24.9. The van der Waals surface area contributed by atoms with Crippen LogP contribution in [0.1, 0.15) is 42.3 Å². The zero-order chi connectivity index (χ0) is 24.0. The van der Waals surface area contributed by atoms with Gasteiger partial charge in [-0.3, -0.25) is 9.59 Å². The highest BCUT2D eigenvalue weighted by Crippen LogP contribution is 2.25. The number of hydrogen-bond acceptors (Lipinski definition) is 3. The number of nitrogens with one attached hydrogen (secondary N) is 2. The van der Waals surface area contributed by atoms with E-state index in [1.807, 2.05) is 30.3 Å². The molecule has 0 aliphatic rings. The zero-order valence-electron chi connectivity index (χ0n) is 18.7. The van der Waals surface area contributed by atoms with Gasteiger partial charge in [-0.1, -0.05) is 68.2 Å². The van der Waals surface area contributed by atoms with E-state index in [0.29, 0.717) is 32.7 Å². The van der Waals surface area contributed by atoms with Gasteiger partial charge in [-0.15, -0.1) is 11.8 Å². The Hall–Kier alpha value is -2.47. The number of amides is 2. The van der Waals surface area contributed by atoms with Crippen LogP contribution >= 0.6 is 35.0 Å². The summed E-state index contributed by atoms with van der Waals surface area (Å²) >= 11 is 13.4. The first-order chi connectivity index (χ1) is 15.6. The van der Waals surface area contributed by atoms with Crippen molar-refractivity contribution in [2.75, 3.05) is 16.4 Å². The van der Waals surface area contributed by atoms with Crippen molar-refractivity contribution in [2.24, 2.45) is 0 Å². The predicted octanol–water partition coefficient (Wildman–Crippen LogP) is 7.42. The van der Waals surface area contributed by atoms with Crippen LogP contribution in [0.15, 0.2) is 66.7 Å². The van der Waals surface area contributed by atoms with Gasteiger partial charge in [0.1, 0.15) is 0 Å². The molecule has 0 saturated heterocycles. The molecule has 4 nitrogen and oxygen atoms in total. The summed E-state index contributed by atoms with van der Waals surface area (Å²) in [6.07, 6.45) is 0. The van der Waals surface area contributed by atoms with Gasteiger partial charge in [0.15, 0.2) is 0 Å². The van der Waals surface area contributed by atoms with Gasteiger partial charge in [-0.05, 0) is 59.0 Å². The second kappa shape index (κ2) is 11.1. The average Bonchev–Trinajstić information content (AvgIpc) is 2.76. The number of carbonyl (C=O) groups excluding carboxylic acids is 2. The number of halogens is 2. The Bertz CT molecular complexity index is 1140. The monoisotopic (exact) mass is 500 g/mol. The first-order valence-corrected chi connectivity index (χ1v) is 12.4. The molecule has 2 N–H and O–H groups in total. The number of rotatable bonds is 7. The van der Waals surface area contributed by atoms with Crippen LogP contribution in [0.25, 0.3) is 0 Å². The Morgan fingerprint density at radius 2 is 1.52 bits per heavy atom. The topological polar surface area (TPSA) is 58.2 Å². The Morgan fingerprint density at radius 3 is 2.15 bits per heavy atom. The summed E-state index contributed by atoms with van der Waals surface area (Å²) in [6.45, 7) is 6.40. The van der Waals surface area contributed by atoms with E-state index in [-0.39, 0.29) is 23.0 Å². The quantitative estimate of drug-likeness (QED) is 0.354. The van der Waals surface area contributed by atoms with Crippen molar-refractivity contribution < 1.29 is 9.59 Å². The summed E-state index contributed by atoms with van der Waals surface area (Å²) in [5.74, 6) is 0.614. The van der Waals surface area contributed by atoms with Gasteiger partial charge < -0.3 is 10.6 Å². The predicted molar refractivity (Wildman–Crippen MR) is 141 cm³/mol. The minimum atomic E-state index is -0.198. The number of thioether (sulfide) groups is 1. The van der Waals surface area contributed by atoms with Crippen LogP contribution < -0.4 is 10.6 Å². The third-order valence-electron chi connectivity index (χ3n) is 4.90. The van der Waals surface area contributed by atoms with E-state index in [4.69, 9.17) is 23.2 Å². The van der Waals surface area contributed by atoms with Crippen LogP contribution in [-0.2, 0) is 16.0 Å². The lowest BCUT2D eigenvalue weighted by atomic mass is 9.87. The molecule has 2 amide bonds. The maximum atomic E-state index is 12.6. The molecular formula is C26H26Cl2N2O2S. The zero-order valence-corrected chi connectivity index (χ0v) is 21.1. The summed E-state index contributed by atoms with van der Waals surface area (Å²) in [6, 6.07) is 20.1. The summed E-state index contributed by atoms with van der Waals surface area (Å²) in [5.41, 5.74) is 4.01. The Balaban J connectivity index is 1.52. The molecule has 172 valence electrons.